The molecule has 2 fully saturated rings. The molecule has 2 aromatic rings. The first-order chi connectivity index (χ1) is 16.5. The van der Waals surface area contributed by atoms with Gasteiger partial charge in [-0.05, 0) is 32.4 Å². The number of phosphoric ester groups is 1. The molecule has 1 N–H and O–H groups in total. The Bertz CT molecular complexity index is 1260. The summed E-state index contributed by atoms with van der Waals surface area (Å²) in [6.07, 6.45) is -2.85. The predicted molar refractivity (Wildman–Crippen MR) is 120 cm³/mol. The Morgan fingerprint density at radius 2 is 2.06 bits per heavy atom. The van der Waals surface area contributed by atoms with E-state index in [1.807, 2.05) is 0 Å². The van der Waals surface area contributed by atoms with Crippen molar-refractivity contribution in [2.24, 2.45) is 0 Å². The number of hydrogen-bond acceptors (Lipinski definition) is 9. The first kappa shape index (κ1) is 25.5. The van der Waals surface area contributed by atoms with Crippen molar-refractivity contribution in [3.8, 4) is 0 Å². The first-order valence-electron chi connectivity index (χ1n) is 11.0. The number of fused-ring (bicyclic) bond motifs is 1. The Morgan fingerprint density at radius 3 is 2.77 bits per heavy atom. The number of rotatable bonds is 6. The van der Waals surface area contributed by atoms with Crippen LogP contribution in [0.2, 0.25) is 0 Å². The maximum absolute atomic E-state index is 16.0. The van der Waals surface area contributed by atoms with Crippen LogP contribution in [-0.4, -0.2) is 46.1 Å². The summed E-state index contributed by atoms with van der Waals surface area (Å²) in [5, 5.41) is 0. The van der Waals surface area contributed by atoms with Gasteiger partial charge < -0.3 is 9.47 Å². The number of phosphoric acid groups is 1. The number of esters is 1. The molecule has 1 unspecified atom stereocenters. The minimum Gasteiger partial charge on any atom is -0.459 e. The highest BCUT2D eigenvalue weighted by molar-refractivity contribution is 7.48. The molecule has 0 amide bonds. The van der Waals surface area contributed by atoms with E-state index in [2.05, 4.69) is 4.98 Å². The van der Waals surface area contributed by atoms with Gasteiger partial charge in [-0.15, -0.1) is 0 Å². The predicted octanol–water partition coefficient (Wildman–Crippen LogP) is 2.86. The SMILES string of the molecule is CC(C)OC(=O)c1ccccc1COP1(=O)OCC[C@H]2O[C@@H](n3ccc(=O)[nH]c3=O)[C@](C)(F)[C@@H]2O1. The number of aromatic nitrogens is 2. The van der Waals surface area contributed by atoms with Crippen LogP contribution >= 0.6 is 7.82 Å². The summed E-state index contributed by atoms with van der Waals surface area (Å²) in [6.45, 7) is 4.12. The maximum Gasteiger partial charge on any atom is 0.475 e. The molecule has 190 valence electrons. The van der Waals surface area contributed by atoms with E-state index in [-0.39, 0.29) is 31.3 Å². The molecule has 2 aliphatic rings. The quantitative estimate of drug-likeness (QED) is 0.458. The number of alkyl halides is 1. The van der Waals surface area contributed by atoms with Crippen LogP contribution in [0.15, 0.2) is 46.1 Å². The summed E-state index contributed by atoms with van der Waals surface area (Å²) in [5.74, 6) is -0.574. The molecule has 13 heteroatoms. The smallest absolute Gasteiger partial charge is 0.459 e. The number of benzene rings is 1. The second-order valence-corrected chi connectivity index (χ2v) is 10.3. The van der Waals surface area contributed by atoms with Crippen molar-refractivity contribution in [3.63, 3.8) is 0 Å². The molecule has 1 aromatic heterocycles. The van der Waals surface area contributed by atoms with Crippen LogP contribution in [0, 0.1) is 0 Å². The van der Waals surface area contributed by atoms with Crippen LogP contribution in [0.25, 0.3) is 0 Å². The molecular formula is C22H26FN2O9P. The van der Waals surface area contributed by atoms with Crippen LogP contribution in [0.5, 0.6) is 0 Å². The van der Waals surface area contributed by atoms with Gasteiger partial charge in [0.05, 0.1) is 31.0 Å². The third-order valence-electron chi connectivity index (χ3n) is 5.64. The summed E-state index contributed by atoms with van der Waals surface area (Å²) in [6, 6.07) is 7.52. The van der Waals surface area contributed by atoms with E-state index in [4.69, 9.17) is 23.0 Å². The van der Waals surface area contributed by atoms with E-state index < -0.39 is 49.1 Å². The Kier molecular flexibility index (Phi) is 7.12. The normalized spacial score (nSPS) is 30.6. The van der Waals surface area contributed by atoms with E-state index in [0.717, 1.165) is 23.8 Å². The number of nitrogens with zero attached hydrogens (tertiary/aromatic N) is 1. The molecule has 4 rings (SSSR count). The fraction of sp³-hybridized carbons (Fsp3) is 0.500. The van der Waals surface area contributed by atoms with Crippen molar-refractivity contribution < 1.29 is 36.8 Å². The van der Waals surface area contributed by atoms with Crippen molar-refractivity contribution in [3.05, 3.63) is 68.5 Å². The van der Waals surface area contributed by atoms with E-state index >= 15 is 4.39 Å². The molecule has 0 spiro atoms. The maximum atomic E-state index is 16.0. The molecule has 0 saturated carbocycles. The van der Waals surface area contributed by atoms with Gasteiger partial charge in [0, 0.05) is 18.7 Å². The van der Waals surface area contributed by atoms with Gasteiger partial charge >= 0.3 is 19.5 Å². The van der Waals surface area contributed by atoms with Crippen molar-refractivity contribution in [1.82, 2.24) is 9.55 Å². The average molecular weight is 512 g/mol. The van der Waals surface area contributed by atoms with E-state index in [0.29, 0.717) is 5.56 Å². The van der Waals surface area contributed by atoms with Gasteiger partial charge in [0.2, 0.25) is 0 Å². The highest BCUT2D eigenvalue weighted by Gasteiger charge is 2.60. The lowest BCUT2D eigenvalue weighted by Gasteiger charge is -2.28. The molecule has 35 heavy (non-hydrogen) atoms. The van der Waals surface area contributed by atoms with Crippen LogP contribution < -0.4 is 11.2 Å². The summed E-state index contributed by atoms with van der Waals surface area (Å²) in [4.78, 5) is 38.0. The molecule has 2 saturated heterocycles. The van der Waals surface area contributed by atoms with E-state index in [9.17, 15) is 18.9 Å². The zero-order valence-corrected chi connectivity index (χ0v) is 20.2. The number of ether oxygens (including phenoxy) is 2. The minimum atomic E-state index is -4.30. The summed E-state index contributed by atoms with van der Waals surface area (Å²) in [7, 11) is -4.30. The van der Waals surface area contributed by atoms with Gasteiger partial charge in [0.25, 0.3) is 5.56 Å². The van der Waals surface area contributed by atoms with Crippen LogP contribution in [0.3, 0.4) is 0 Å². The Balaban J connectivity index is 1.54. The second-order valence-electron chi connectivity index (χ2n) is 8.68. The van der Waals surface area contributed by atoms with Crippen molar-refractivity contribution in [2.75, 3.05) is 6.61 Å². The molecule has 3 heterocycles. The molecular weight excluding hydrogens is 486 g/mol. The zero-order valence-electron chi connectivity index (χ0n) is 19.3. The lowest BCUT2D eigenvalue weighted by molar-refractivity contribution is -0.0565. The Morgan fingerprint density at radius 1 is 1.31 bits per heavy atom. The molecule has 0 radical (unpaired) electrons. The number of nitrogens with one attached hydrogen (secondary N) is 1. The number of carbonyl (C=O) groups excluding carboxylic acids is 1. The summed E-state index contributed by atoms with van der Waals surface area (Å²) < 4.78 is 57.5. The van der Waals surface area contributed by atoms with Crippen LogP contribution in [-0.2, 0) is 34.2 Å². The number of halogens is 1. The van der Waals surface area contributed by atoms with Crippen molar-refractivity contribution >= 4 is 13.8 Å². The summed E-state index contributed by atoms with van der Waals surface area (Å²) >= 11 is 0. The number of aromatic amines is 1. The van der Waals surface area contributed by atoms with Gasteiger partial charge in [-0.25, -0.2) is 18.5 Å². The molecule has 0 bridgehead atoms. The molecule has 0 aliphatic carbocycles. The second kappa shape index (κ2) is 9.79. The highest BCUT2D eigenvalue weighted by Crippen LogP contribution is 2.58. The fourth-order valence-corrected chi connectivity index (χ4v) is 5.45. The molecule has 2 aliphatic heterocycles. The van der Waals surface area contributed by atoms with Crippen LogP contribution in [0.1, 0.15) is 49.3 Å². The minimum absolute atomic E-state index is 0.115. The fourth-order valence-electron chi connectivity index (χ4n) is 4.00. The Labute approximate surface area is 199 Å². The lowest BCUT2D eigenvalue weighted by Crippen LogP contribution is -2.44. The standard InChI is InChI=1S/C22H26FN2O9P/c1-13(2)32-19(27)15-7-5-4-6-14(15)12-31-35(29)30-11-9-16-18(34-35)22(3,23)20(33-16)25-10-8-17(26)24-21(25)28/h4-8,10,13,16,18,20H,9,11-12H2,1-3H3,(H,24,26,28)/t16-,18-,20-,22-,35?/m1/s1. The average Bonchev–Trinajstić information content (AvgIpc) is 2.91. The van der Waals surface area contributed by atoms with Gasteiger partial charge in [0.15, 0.2) is 11.9 Å². The van der Waals surface area contributed by atoms with Gasteiger partial charge in [0.1, 0.15) is 6.10 Å². The van der Waals surface area contributed by atoms with E-state index in [1.165, 1.54) is 0 Å². The first-order valence-corrected chi connectivity index (χ1v) is 12.5. The molecule has 11 nitrogen and oxygen atoms in total. The zero-order chi connectivity index (χ0) is 25.4. The third-order valence-corrected chi connectivity index (χ3v) is 7.07. The number of hydrogen-bond donors (Lipinski definition) is 1. The lowest BCUT2D eigenvalue weighted by atomic mass is 9.97. The van der Waals surface area contributed by atoms with Gasteiger partial charge in [-0.3, -0.25) is 27.9 Å². The molecule has 1 aromatic carbocycles. The van der Waals surface area contributed by atoms with Gasteiger partial charge in [-0.2, -0.15) is 0 Å². The van der Waals surface area contributed by atoms with Crippen molar-refractivity contribution in [2.45, 2.75) is 64.0 Å². The Hall–Kier alpha value is -2.63. The molecule has 5 atom stereocenters. The monoisotopic (exact) mass is 512 g/mol. The van der Waals surface area contributed by atoms with Crippen molar-refractivity contribution in [1.29, 1.82) is 0 Å². The van der Waals surface area contributed by atoms with Crippen LogP contribution in [0.4, 0.5) is 4.39 Å². The number of carbonyl (C=O) groups is 1. The number of H-pyrrole nitrogens is 1. The summed E-state index contributed by atoms with van der Waals surface area (Å²) in [5.41, 5.74) is -3.23. The van der Waals surface area contributed by atoms with Gasteiger partial charge in [-0.1, -0.05) is 18.2 Å². The topological polar surface area (TPSA) is 135 Å². The largest absolute Gasteiger partial charge is 0.475 e. The van der Waals surface area contributed by atoms with E-state index in [1.54, 1.807) is 38.1 Å². The third kappa shape index (κ3) is 5.31. The highest BCUT2D eigenvalue weighted by atomic mass is 31.2.